The molecule has 140 valence electrons. The maximum Gasteiger partial charge on any atom is 0.252 e. The number of aliphatic imine (C=N–C) groups is 1. The van der Waals surface area contributed by atoms with Crippen molar-refractivity contribution in [1.29, 1.82) is 0 Å². The molecule has 2 aromatic rings. The average molecular weight is 421 g/mol. The number of sulfone groups is 1. The lowest BCUT2D eigenvalue weighted by molar-refractivity contribution is -0.117. The maximum absolute atomic E-state index is 12.5. The standard InChI is InChI=1S/C19H17ClN2O3S2/c20-14-7-4-8-15(10-14)22-16-11-27(24,25)12-17(16)26-19(22)21-18(23)9-13-5-2-1-3-6-13/h1-8,10,16-17H,9,11-12H2. The van der Waals surface area contributed by atoms with Crippen LogP contribution in [-0.2, 0) is 21.1 Å². The fourth-order valence-corrected chi connectivity index (χ4v) is 7.52. The smallest absolute Gasteiger partial charge is 0.252 e. The van der Waals surface area contributed by atoms with Gasteiger partial charge in [-0.15, -0.1) is 0 Å². The Labute approximate surface area is 167 Å². The van der Waals surface area contributed by atoms with Crippen LogP contribution in [0.3, 0.4) is 0 Å². The van der Waals surface area contributed by atoms with Crippen LogP contribution in [-0.4, -0.2) is 42.3 Å². The van der Waals surface area contributed by atoms with Crippen LogP contribution in [0, 0.1) is 0 Å². The third kappa shape index (κ3) is 4.05. The van der Waals surface area contributed by atoms with Gasteiger partial charge in [-0.3, -0.25) is 4.79 Å². The van der Waals surface area contributed by atoms with Gasteiger partial charge in [0.05, 0.1) is 24.0 Å². The zero-order valence-electron chi connectivity index (χ0n) is 14.3. The predicted octanol–water partition coefficient (Wildman–Crippen LogP) is 3.18. The zero-order chi connectivity index (χ0) is 19.0. The molecule has 27 heavy (non-hydrogen) atoms. The van der Waals surface area contributed by atoms with Gasteiger partial charge in [0.2, 0.25) is 0 Å². The van der Waals surface area contributed by atoms with Crippen molar-refractivity contribution in [3.63, 3.8) is 0 Å². The molecule has 2 aliphatic rings. The Morgan fingerprint density at radius 3 is 2.67 bits per heavy atom. The molecule has 2 aromatic carbocycles. The molecule has 5 nitrogen and oxygen atoms in total. The molecule has 4 rings (SSSR count). The highest BCUT2D eigenvalue weighted by molar-refractivity contribution is 8.16. The molecule has 0 spiro atoms. The first-order valence-corrected chi connectivity index (χ1v) is 11.6. The van der Waals surface area contributed by atoms with Gasteiger partial charge in [0.25, 0.3) is 5.91 Å². The molecular formula is C19H17ClN2O3S2. The summed E-state index contributed by atoms with van der Waals surface area (Å²) in [5.41, 5.74) is 1.65. The first kappa shape index (κ1) is 18.5. The summed E-state index contributed by atoms with van der Waals surface area (Å²) in [4.78, 5) is 18.7. The summed E-state index contributed by atoms with van der Waals surface area (Å²) in [7, 11) is -3.09. The number of carbonyl (C=O) groups is 1. The molecule has 2 heterocycles. The predicted molar refractivity (Wildman–Crippen MR) is 110 cm³/mol. The second kappa shape index (κ2) is 7.30. The van der Waals surface area contributed by atoms with E-state index in [0.29, 0.717) is 10.2 Å². The van der Waals surface area contributed by atoms with Gasteiger partial charge in [0.1, 0.15) is 0 Å². The van der Waals surface area contributed by atoms with E-state index in [-0.39, 0.29) is 35.1 Å². The van der Waals surface area contributed by atoms with E-state index >= 15 is 0 Å². The number of rotatable bonds is 3. The number of halogens is 1. The van der Waals surface area contributed by atoms with Crippen LogP contribution in [0.4, 0.5) is 5.69 Å². The summed E-state index contributed by atoms with van der Waals surface area (Å²) >= 11 is 7.49. The van der Waals surface area contributed by atoms with Crippen molar-refractivity contribution < 1.29 is 13.2 Å². The van der Waals surface area contributed by atoms with Crippen LogP contribution in [0.5, 0.6) is 0 Å². The van der Waals surface area contributed by atoms with Gasteiger partial charge >= 0.3 is 0 Å². The first-order chi connectivity index (χ1) is 12.9. The average Bonchev–Trinajstić information content (AvgIpc) is 3.06. The molecule has 2 atom stereocenters. The topological polar surface area (TPSA) is 66.8 Å². The minimum absolute atomic E-state index is 0.0586. The second-order valence-electron chi connectivity index (χ2n) is 6.60. The maximum atomic E-state index is 12.5. The van der Waals surface area contributed by atoms with E-state index in [2.05, 4.69) is 4.99 Å². The van der Waals surface area contributed by atoms with Crippen LogP contribution in [0.1, 0.15) is 5.56 Å². The number of fused-ring (bicyclic) bond motifs is 1. The Morgan fingerprint density at radius 1 is 1.15 bits per heavy atom. The highest BCUT2D eigenvalue weighted by atomic mass is 35.5. The van der Waals surface area contributed by atoms with Gasteiger partial charge in [-0.2, -0.15) is 4.99 Å². The molecule has 0 bridgehead atoms. The highest BCUT2D eigenvalue weighted by Gasteiger charge is 2.49. The van der Waals surface area contributed by atoms with Gasteiger partial charge in [-0.05, 0) is 23.8 Å². The number of benzene rings is 2. The lowest BCUT2D eigenvalue weighted by atomic mass is 10.1. The molecule has 0 radical (unpaired) electrons. The zero-order valence-corrected chi connectivity index (χ0v) is 16.7. The Hall–Kier alpha value is -1.83. The number of hydrogen-bond acceptors (Lipinski definition) is 4. The summed E-state index contributed by atoms with van der Waals surface area (Å²) in [6, 6.07) is 16.4. The lowest BCUT2D eigenvalue weighted by Gasteiger charge is -2.24. The number of anilines is 1. The quantitative estimate of drug-likeness (QED) is 0.762. The Morgan fingerprint density at radius 2 is 1.93 bits per heavy atom. The Balaban J connectivity index is 1.65. The molecular weight excluding hydrogens is 404 g/mol. The SMILES string of the molecule is O=C(Cc1ccccc1)N=C1SC2CS(=O)(=O)CC2N1c1cccc(Cl)c1. The summed E-state index contributed by atoms with van der Waals surface area (Å²) < 4.78 is 24.2. The van der Waals surface area contributed by atoms with Crippen LogP contribution in [0.15, 0.2) is 59.6 Å². The Kier molecular flexibility index (Phi) is 5.01. The van der Waals surface area contributed by atoms with E-state index in [1.54, 1.807) is 12.1 Å². The number of amides is 1. The summed E-state index contributed by atoms with van der Waals surface area (Å²) in [5.74, 6) is -0.0903. The number of carbonyl (C=O) groups excluding carboxylic acids is 1. The third-order valence-corrected chi connectivity index (χ3v) is 8.02. The number of amidine groups is 1. The van der Waals surface area contributed by atoms with E-state index < -0.39 is 9.84 Å². The Bertz CT molecular complexity index is 1010. The fourth-order valence-electron chi connectivity index (χ4n) is 3.41. The third-order valence-electron chi connectivity index (χ3n) is 4.57. The van der Waals surface area contributed by atoms with Crippen LogP contribution in [0.25, 0.3) is 0 Å². The molecule has 0 aliphatic carbocycles. The van der Waals surface area contributed by atoms with E-state index in [1.807, 2.05) is 47.4 Å². The van der Waals surface area contributed by atoms with Crippen molar-refractivity contribution in [3.8, 4) is 0 Å². The van der Waals surface area contributed by atoms with Gasteiger partial charge in [-0.25, -0.2) is 8.42 Å². The van der Waals surface area contributed by atoms with Crippen molar-refractivity contribution in [3.05, 3.63) is 65.2 Å². The molecule has 2 unspecified atom stereocenters. The fraction of sp³-hybridized carbons (Fsp3) is 0.263. The molecule has 2 fully saturated rings. The summed E-state index contributed by atoms with van der Waals surface area (Å²) in [5, 5.41) is 0.970. The minimum Gasteiger partial charge on any atom is -0.316 e. The lowest BCUT2D eigenvalue weighted by Crippen LogP contribution is -2.37. The van der Waals surface area contributed by atoms with Crippen LogP contribution < -0.4 is 4.90 Å². The highest BCUT2D eigenvalue weighted by Crippen LogP contribution is 2.41. The number of nitrogens with zero attached hydrogens (tertiary/aromatic N) is 2. The van der Waals surface area contributed by atoms with Gasteiger partial charge in [0, 0.05) is 16.0 Å². The van der Waals surface area contributed by atoms with E-state index in [4.69, 9.17) is 11.6 Å². The van der Waals surface area contributed by atoms with Crippen LogP contribution >= 0.6 is 23.4 Å². The largest absolute Gasteiger partial charge is 0.316 e. The normalized spacial score (nSPS) is 24.9. The van der Waals surface area contributed by atoms with Gasteiger partial charge in [0.15, 0.2) is 15.0 Å². The molecule has 0 aromatic heterocycles. The minimum atomic E-state index is -3.09. The first-order valence-electron chi connectivity index (χ1n) is 8.49. The molecule has 2 saturated heterocycles. The van der Waals surface area contributed by atoms with Crippen molar-refractivity contribution in [2.75, 3.05) is 16.4 Å². The van der Waals surface area contributed by atoms with E-state index in [9.17, 15) is 13.2 Å². The van der Waals surface area contributed by atoms with Crippen molar-refractivity contribution >= 4 is 50.0 Å². The number of hydrogen-bond donors (Lipinski definition) is 0. The number of thioether (sulfide) groups is 1. The molecule has 0 N–H and O–H groups in total. The van der Waals surface area contributed by atoms with Gasteiger partial charge in [-0.1, -0.05) is 59.8 Å². The second-order valence-corrected chi connectivity index (χ2v) is 10.4. The van der Waals surface area contributed by atoms with Crippen molar-refractivity contribution in [1.82, 2.24) is 0 Å². The van der Waals surface area contributed by atoms with Crippen molar-refractivity contribution in [2.24, 2.45) is 4.99 Å². The summed E-state index contributed by atoms with van der Waals surface area (Å²) in [6.07, 6.45) is 0.210. The monoisotopic (exact) mass is 420 g/mol. The molecule has 1 amide bonds. The van der Waals surface area contributed by atoms with E-state index in [1.165, 1.54) is 11.8 Å². The molecule has 0 saturated carbocycles. The van der Waals surface area contributed by atoms with Crippen LogP contribution in [0.2, 0.25) is 5.02 Å². The van der Waals surface area contributed by atoms with Gasteiger partial charge < -0.3 is 4.90 Å². The molecule has 8 heteroatoms. The van der Waals surface area contributed by atoms with Crippen molar-refractivity contribution in [2.45, 2.75) is 17.7 Å². The van der Waals surface area contributed by atoms with E-state index in [0.717, 1.165) is 11.3 Å². The summed E-state index contributed by atoms with van der Waals surface area (Å²) in [6.45, 7) is 0. The molecule has 2 aliphatic heterocycles.